The predicted molar refractivity (Wildman–Crippen MR) is 72.2 cm³/mol. The normalized spacial score (nSPS) is 10.7. The van der Waals surface area contributed by atoms with Crippen molar-refractivity contribution >= 4 is 5.69 Å². The van der Waals surface area contributed by atoms with Gasteiger partial charge in [-0.25, -0.2) is 9.97 Å². The lowest BCUT2D eigenvalue weighted by Gasteiger charge is -2.09. The predicted octanol–water partition coefficient (Wildman–Crippen LogP) is 1.49. The maximum Gasteiger partial charge on any atom is 0.0951 e. The molecular formula is C13H14N6. The number of imidazole rings is 2. The molecule has 0 saturated carbocycles. The lowest BCUT2D eigenvalue weighted by Crippen LogP contribution is -2.03. The first-order valence-corrected chi connectivity index (χ1v) is 6.02. The molecule has 3 aromatic rings. The number of aromatic amines is 1. The van der Waals surface area contributed by atoms with Crippen molar-refractivity contribution in [2.75, 3.05) is 5.73 Å². The molecule has 0 saturated heterocycles. The SMILES string of the molecule is Nc1ccncc1-c1cncn1CCc1cnc[nH]1. The van der Waals surface area contributed by atoms with E-state index in [1.54, 1.807) is 37.3 Å². The van der Waals surface area contributed by atoms with E-state index in [1.165, 1.54) is 0 Å². The first-order chi connectivity index (χ1) is 9.34. The summed E-state index contributed by atoms with van der Waals surface area (Å²) in [6.07, 6.45) is 11.4. The summed E-state index contributed by atoms with van der Waals surface area (Å²) in [4.78, 5) is 15.4. The fourth-order valence-electron chi connectivity index (χ4n) is 2.00. The van der Waals surface area contributed by atoms with Gasteiger partial charge in [0.1, 0.15) is 0 Å². The fraction of sp³-hybridized carbons (Fsp3) is 0.154. The van der Waals surface area contributed by atoms with Gasteiger partial charge in [0, 0.05) is 48.5 Å². The zero-order valence-corrected chi connectivity index (χ0v) is 10.3. The number of aryl methyl sites for hydroxylation is 2. The van der Waals surface area contributed by atoms with Crippen molar-refractivity contribution in [3.05, 3.63) is 49.2 Å². The van der Waals surface area contributed by atoms with Crippen LogP contribution in [0.15, 0.2) is 43.5 Å². The second kappa shape index (κ2) is 4.93. The van der Waals surface area contributed by atoms with Gasteiger partial charge in [-0.3, -0.25) is 4.98 Å². The van der Waals surface area contributed by atoms with E-state index in [4.69, 9.17) is 5.73 Å². The van der Waals surface area contributed by atoms with Crippen LogP contribution in [0.3, 0.4) is 0 Å². The van der Waals surface area contributed by atoms with Crippen molar-refractivity contribution < 1.29 is 0 Å². The molecule has 0 unspecified atom stereocenters. The van der Waals surface area contributed by atoms with Gasteiger partial charge in [0.2, 0.25) is 0 Å². The summed E-state index contributed by atoms with van der Waals surface area (Å²) in [6.45, 7) is 0.811. The highest BCUT2D eigenvalue weighted by molar-refractivity contribution is 5.72. The molecule has 0 amide bonds. The summed E-state index contributed by atoms with van der Waals surface area (Å²) in [6, 6.07) is 1.79. The second-order valence-electron chi connectivity index (χ2n) is 4.26. The van der Waals surface area contributed by atoms with Crippen LogP contribution in [0, 0.1) is 0 Å². The monoisotopic (exact) mass is 254 g/mol. The van der Waals surface area contributed by atoms with Gasteiger partial charge in [-0.05, 0) is 6.07 Å². The smallest absolute Gasteiger partial charge is 0.0951 e. The minimum Gasteiger partial charge on any atom is -0.398 e. The number of aromatic nitrogens is 5. The summed E-state index contributed by atoms with van der Waals surface area (Å²) in [5.41, 5.74) is 9.66. The molecule has 0 fully saturated rings. The molecule has 0 atom stereocenters. The number of hydrogen-bond acceptors (Lipinski definition) is 4. The molecule has 0 bridgehead atoms. The van der Waals surface area contributed by atoms with Crippen LogP contribution >= 0.6 is 0 Å². The van der Waals surface area contributed by atoms with Crippen molar-refractivity contribution in [2.24, 2.45) is 0 Å². The molecule has 6 nitrogen and oxygen atoms in total. The zero-order chi connectivity index (χ0) is 13.1. The van der Waals surface area contributed by atoms with Crippen molar-refractivity contribution in [1.82, 2.24) is 24.5 Å². The number of hydrogen-bond donors (Lipinski definition) is 2. The average molecular weight is 254 g/mol. The maximum atomic E-state index is 5.97. The molecule has 0 spiro atoms. The largest absolute Gasteiger partial charge is 0.398 e. The van der Waals surface area contributed by atoms with Gasteiger partial charge in [-0.1, -0.05) is 0 Å². The molecule has 0 aromatic carbocycles. The average Bonchev–Trinajstić information content (AvgIpc) is 3.08. The summed E-state index contributed by atoms with van der Waals surface area (Å²) < 4.78 is 2.06. The van der Waals surface area contributed by atoms with Gasteiger partial charge >= 0.3 is 0 Å². The Morgan fingerprint density at radius 2 is 2.11 bits per heavy atom. The standard InChI is InChI=1S/C13H14N6/c14-12-1-3-15-6-11(12)13-7-17-9-19(13)4-2-10-5-16-8-18-10/h1,3,5-9H,2,4H2,(H2,14,15)(H,16,18). The number of rotatable bonds is 4. The number of nitrogens with zero attached hydrogens (tertiary/aromatic N) is 4. The molecule has 96 valence electrons. The number of H-pyrrole nitrogens is 1. The van der Waals surface area contributed by atoms with E-state index in [2.05, 4.69) is 24.5 Å². The maximum absolute atomic E-state index is 5.97. The van der Waals surface area contributed by atoms with E-state index >= 15 is 0 Å². The summed E-state index contributed by atoms with van der Waals surface area (Å²) in [5, 5.41) is 0. The van der Waals surface area contributed by atoms with Crippen molar-refractivity contribution in [1.29, 1.82) is 0 Å². The first kappa shape index (κ1) is 11.5. The Morgan fingerprint density at radius 1 is 1.16 bits per heavy atom. The second-order valence-corrected chi connectivity index (χ2v) is 4.26. The van der Waals surface area contributed by atoms with E-state index in [-0.39, 0.29) is 0 Å². The quantitative estimate of drug-likeness (QED) is 0.738. The summed E-state index contributed by atoms with van der Waals surface area (Å²) in [7, 11) is 0. The van der Waals surface area contributed by atoms with E-state index in [0.29, 0.717) is 5.69 Å². The van der Waals surface area contributed by atoms with Crippen molar-refractivity contribution in [3.8, 4) is 11.3 Å². The van der Waals surface area contributed by atoms with Crippen molar-refractivity contribution in [2.45, 2.75) is 13.0 Å². The van der Waals surface area contributed by atoms with Gasteiger partial charge in [-0.2, -0.15) is 0 Å². The highest BCUT2D eigenvalue weighted by Gasteiger charge is 2.08. The Bertz CT molecular complexity index is 655. The van der Waals surface area contributed by atoms with Crippen LogP contribution < -0.4 is 5.73 Å². The van der Waals surface area contributed by atoms with Crippen LogP contribution in [0.5, 0.6) is 0 Å². The van der Waals surface area contributed by atoms with Gasteiger partial charge < -0.3 is 15.3 Å². The fourth-order valence-corrected chi connectivity index (χ4v) is 2.00. The molecule has 0 aliphatic carbocycles. The number of nitrogen functional groups attached to an aromatic ring is 1. The third kappa shape index (κ3) is 2.33. The zero-order valence-electron chi connectivity index (χ0n) is 10.3. The molecule has 0 aliphatic rings. The van der Waals surface area contributed by atoms with E-state index in [9.17, 15) is 0 Å². The van der Waals surface area contributed by atoms with Gasteiger partial charge in [-0.15, -0.1) is 0 Å². The highest BCUT2D eigenvalue weighted by Crippen LogP contribution is 2.24. The molecular weight excluding hydrogens is 240 g/mol. The van der Waals surface area contributed by atoms with E-state index in [0.717, 1.165) is 29.9 Å². The van der Waals surface area contributed by atoms with Crippen LogP contribution in [-0.4, -0.2) is 24.5 Å². The molecule has 3 N–H and O–H groups in total. The van der Waals surface area contributed by atoms with E-state index < -0.39 is 0 Å². The minimum atomic E-state index is 0.707. The molecule has 0 aliphatic heterocycles. The van der Waals surface area contributed by atoms with Crippen LogP contribution in [0.1, 0.15) is 5.69 Å². The van der Waals surface area contributed by atoms with Crippen LogP contribution in [0.4, 0.5) is 5.69 Å². The van der Waals surface area contributed by atoms with Crippen LogP contribution in [0.2, 0.25) is 0 Å². The summed E-state index contributed by atoms with van der Waals surface area (Å²) in [5.74, 6) is 0. The Morgan fingerprint density at radius 3 is 2.89 bits per heavy atom. The Kier molecular flexibility index (Phi) is 2.97. The highest BCUT2D eigenvalue weighted by atomic mass is 15.0. The first-order valence-electron chi connectivity index (χ1n) is 6.02. The molecule has 0 radical (unpaired) electrons. The van der Waals surface area contributed by atoms with Gasteiger partial charge in [0.05, 0.1) is 24.5 Å². The van der Waals surface area contributed by atoms with Crippen molar-refractivity contribution in [3.63, 3.8) is 0 Å². The van der Waals surface area contributed by atoms with Crippen LogP contribution in [0.25, 0.3) is 11.3 Å². The molecule has 3 heterocycles. The number of anilines is 1. The van der Waals surface area contributed by atoms with Gasteiger partial charge in [0.25, 0.3) is 0 Å². The topological polar surface area (TPSA) is 85.4 Å². The lowest BCUT2D eigenvalue weighted by atomic mass is 10.2. The Hall–Kier alpha value is -2.63. The Balaban J connectivity index is 1.84. The van der Waals surface area contributed by atoms with E-state index in [1.807, 2.05) is 6.20 Å². The Labute approximate surface area is 110 Å². The summed E-state index contributed by atoms with van der Waals surface area (Å²) >= 11 is 0. The third-order valence-corrected chi connectivity index (χ3v) is 3.02. The number of pyridine rings is 1. The number of nitrogens with one attached hydrogen (secondary N) is 1. The molecule has 3 rings (SSSR count). The molecule has 19 heavy (non-hydrogen) atoms. The minimum absolute atomic E-state index is 0.707. The molecule has 3 aromatic heterocycles. The third-order valence-electron chi connectivity index (χ3n) is 3.02. The molecule has 6 heteroatoms. The van der Waals surface area contributed by atoms with Crippen LogP contribution in [-0.2, 0) is 13.0 Å². The lowest BCUT2D eigenvalue weighted by molar-refractivity contribution is 0.693. The van der Waals surface area contributed by atoms with Gasteiger partial charge in [0.15, 0.2) is 0 Å². The number of nitrogens with two attached hydrogens (primary N) is 1.